The molecule has 2 aromatic rings. The number of hydrogen-bond donors (Lipinski definition) is 2. The molecule has 0 aromatic heterocycles. The molecule has 0 unspecified atom stereocenters. The Morgan fingerprint density at radius 1 is 1.11 bits per heavy atom. The molecular weight excluding hydrogens is 487 g/mol. The molecule has 0 bridgehead atoms. The first-order valence-corrected chi connectivity index (χ1v) is 11.8. The number of non-ortho nitro benzene ring substituents is 1. The van der Waals surface area contributed by atoms with Gasteiger partial charge in [-0.2, -0.15) is 13.2 Å². The second-order valence-electron chi connectivity index (χ2n) is 9.03. The van der Waals surface area contributed by atoms with Gasteiger partial charge in [-0.15, -0.1) is 0 Å². The molecule has 0 atom stereocenters. The molecule has 12 heteroatoms. The lowest BCUT2D eigenvalue weighted by atomic mass is 9.74. The molecule has 0 spiro atoms. The number of allylic oxidation sites excluding steroid dienone is 2. The van der Waals surface area contributed by atoms with E-state index in [1.807, 2.05) is 0 Å². The van der Waals surface area contributed by atoms with Gasteiger partial charge < -0.3 is 5.32 Å². The molecule has 1 aliphatic carbocycles. The molecule has 8 nitrogen and oxygen atoms in total. The van der Waals surface area contributed by atoms with E-state index in [4.69, 9.17) is 5.41 Å². The Balaban J connectivity index is 2.07. The minimum atomic E-state index is -5.03. The minimum absolute atomic E-state index is 0.0326. The number of rotatable bonds is 6. The molecule has 0 saturated heterocycles. The highest BCUT2D eigenvalue weighted by Crippen LogP contribution is 2.40. The average molecular weight is 510 g/mol. The standard InChI is InChI=1S/C23H22F3N3O5S/c1-13-4-5-14(10-19(13)35(33,34)16-8-6-15(7-9-16)29(31)32)28-17-11-22(2,3)12-18(30)20(17)21(27)23(24,25)26/h4-10,27-28H,11-12H2,1-3H3. The molecule has 2 aromatic carbocycles. The van der Waals surface area contributed by atoms with Crippen LogP contribution in [0.15, 0.2) is 63.5 Å². The lowest BCUT2D eigenvalue weighted by Crippen LogP contribution is -2.36. The zero-order valence-corrected chi connectivity index (χ0v) is 19.8. The Morgan fingerprint density at radius 3 is 2.26 bits per heavy atom. The van der Waals surface area contributed by atoms with E-state index in [0.29, 0.717) is 5.56 Å². The molecule has 1 aliphatic rings. The summed E-state index contributed by atoms with van der Waals surface area (Å²) >= 11 is 0. The first-order valence-electron chi connectivity index (χ1n) is 10.3. The number of nitrogens with one attached hydrogen (secondary N) is 2. The van der Waals surface area contributed by atoms with Crippen molar-refractivity contribution in [2.75, 3.05) is 5.32 Å². The summed E-state index contributed by atoms with van der Waals surface area (Å²) in [5.41, 5.74) is -3.14. The van der Waals surface area contributed by atoms with Gasteiger partial charge in [-0.25, -0.2) is 8.42 Å². The fourth-order valence-corrected chi connectivity index (χ4v) is 5.40. The third-order valence-electron chi connectivity index (χ3n) is 5.54. The molecule has 0 fully saturated rings. The van der Waals surface area contributed by atoms with Crippen molar-refractivity contribution in [1.82, 2.24) is 0 Å². The van der Waals surface area contributed by atoms with Gasteiger partial charge in [0.25, 0.3) is 5.69 Å². The zero-order valence-electron chi connectivity index (χ0n) is 19.0. The number of alkyl halides is 3. The van der Waals surface area contributed by atoms with E-state index in [0.717, 1.165) is 24.3 Å². The van der Waals surface area contributed by atoms with Gasteiger partial charge in [-0.1, -0.05) is 19.9 Å². The van der Waals surface area contributed by atoms with Crippen LogP contribution in [0.4, 0.5) is 24.5 Å². The molecule has 3 rings (SSSR count). The van der Waals surface area contributed by atoms with Crippen molar-refractivity contribution in [3.8, 4) is 0 Å². The van der Waals surface area contributed by atoms with Gasteiger partial charge in [0.2, 0.25) is 9.84 Å². The van der Waals surface area contributed by atoms with Gasteiger partial charge in [0.1, 0.15) is 5.71 Å². The van der Waals surface area contributed by atoms with E-state index < -0.39 is 43.4 Å². The number of halogens is 3. The van der Waals surface area contributed by atoms with Crippen molar-refractivity contribution in [3.05, 3.63) is 69.4 Å². The maximum absolute atomic E-state index is 13.3. The lowest BCUT2D eigenvalue weighted by molar-refractivity contribution is -0.384. The minimum Gasteiger partial charge on any atom is -0.358 e. The summed E-state index contributed by atoms with van der Waals surface area (Å²) in [6.45, 7) is 4.94. The maximum Gasteiger partial charge on any atom is 0.433 e. The Labute approximate surface area is 199 Å². The first kappa shape index (κ1) is 26.1. The monoisotopic (exact) mass is 509 g/mol. The van der Waals surface area contributed by atoms with Crippen molar-refractivity contribution in [1.29, 1.82) is 5.41 Å². The van der Waals surface area contributed by atoms with E-state index in [1.165, 1.54) is 25.1 Å². The predicted molar refractivity (Wildman–Crippen MR) is 122 cm³/mol. The average Bonchev–Trinajstić information content (AvgIpc) is 2.73. The van der Waals surface area contributed by atoms with Gasteiger partial charge >= 0.3 is 6.18 Å². The van der Waals surface area contributed by atoms with Crippen molar-refractivity contribution < 1.29 is 31.3 Å². The summed E-state index contributed by atoms with van der Waals surface area (Å²) in [6.07, 6.45) is -5.17. The van der Waals surface area contributed by atoms with Gasteiger partial charge in [0, 0.05) is 29.9 Å². The third-order valence-corrected chi connectivity index (χ3v) is 7.45. The van der Waals surface area contributed by atoms with Gasteiger partial charge in [-0.05, 0) is 48.6 Å². The number of ketones is 1. The largest absolute Gasteiger partial charge is 0.433 e. The Hall–Kier alpha value is -3.54. The van der Waals surface area contributed by atoms with Crippen LogP contribution in [0.3, 0.4) is 0 Å². The van der Waals surface area contributed by atoms with Crippen LogP contribution in [0.25, 0.3) is 0 Å². The van der Waals surface area contributed by atoms with E-state index in [9.17, 15) is 36.5 Å². The Kier molecular flexibility index (Phi) is 6.64. The lowest BCUT2D eigenvalue weighted by Gasteiger charge is -2.33. The zero-order chi connectivity index (χ0) is 26.3. The molecule has 2 N–H and O–H groups in total. The van der Waals surface area contributed by atoms with Crippen LogP contribution < -0.4 is 5.32 Å². The smallest absolute Gasteiger partial charge is 0.358 e. The normalized spacial score (nSPS) is 16.2. The van der Waals surface area contributed by atoms with Crippen LogP contribution in [0.2, 0.25) is 0 Å². The topological polar surface area (TPSA) is 130 Å². The Bertz CT molecular complexity index is 1360. The quantitative estimate of drug-likeness (QED) is 0.306. The number of Topliss-reactive ketones (excluding diaryl/α,β-unsaturated/α-hetero) is 1. The van der Waals surface area contributed by atoms with Crippen molar-refractivity contribution >= 4 is 32.7 Å². The maximum atomic E-state index is 13.3. The van der Waals surface area contributed by atoms with Crippen LogP contribution in [-0.2, 0) is 14.6 Å². The number of carbonyl (C=O) groups is 1. The molecule has 186 valence electrons. The number of nitrogens with zero attached hydrogens (tertiary/aromatic N) is 1. The fraction of sp³-hybridized carbons (Fsp3) is 0.304. The van der Waals surface area contributed by atoms with Crippen LogP contribution >= 0.6 is 0 Å². The van der Waals surface area contributed by atoms with Crippen LogP contribution in [0.1, 0.15) is 32.3 Å². The Morgan fingerprint density at radius 2 is 1.71 bits per heavy atom. The fourth-order valence-electron chi connectivity index (χ4n) is 3.88. The van der Waals surface area contributed by atoms with Crippen LogP contribution in [-0.4, -0.2) is 31.0 Å². The van der Waals surface area contributed by atoms with Crippen molar-refractivity contribution in [3.63, 3.8) is 0 Å². The molecule has 0 heterocycles. The molecule has 35 heavy (non-hydrogen) atoms. The van der Waals surface area contributed by atoms with Gasteiger partial charge in [-0.3, -0.25) is 20.3 Å². The van der Waals surface area contributed by atoms with Gasteiger partial charge in [0.15, 0.2) is 5.78 Å². The summed E-state index contributed by atoms with van der Waals surface area (Å²) in [5, 5.41) is 21.1. The van der Waals surface area contributed by atoms with Gasteiger partial charge in [0.05, 0.1) is 20.3 Å². The number of hydrogen-bond acceptors (Lipinski definition) is 7. The van der Waals surface area contributed by atoms with Crippen LogP contribution in [0.5, 0.6) is 0 Å². The first-order chi connectivity index (χ1) is 16.0. The number of nitro groups is 1. The molecular formula is C23H22F3N3O5S. The summed E-state index contributed by atoms with van der Waals surface area (Å²) in [4.78, 5) is 22.4. The highest BCUT2D eigenvalue weighted by atomic mass is 32.2. The number of aryl methyl sites for hydroxylation is 1. The number of benzene rings is 2. The van der Waals surface area contributed by atoms with Crippen molar-refractivity contribution in [2.45, 2.75) is 49.6 Å². The molecule has 0 saturated carbocycles. The predicted octanol–water partition coefficient (Wildman–Crippen LogP) is 5.37. The number of sulfone groups is 1. The highest BCUT2D eigenvalue weighted by Gasteiger charge is 2.44. The summed E-state index contributed by atoms with van der Waals surface area (Å²) in [6, 6.07) is 8.44. The second kappa shape index (κ2) is 8.91. The third kappa shape index (κ3) is 5.42. The number of carbonyl (C=O) groups excluding carboxylic acids is 1. The van der Waals surface area contributed by atoms with E-state index >= 15 is 0 Å². The SMILES string of the molecule is Cc1ccc(NC2=C(C(=N)C(F)(F)F)C(=O)CC(C)(C)C2)cc1S(=O)(=O)c1ccc([N+](=O)[O-])cc1. The molecule has 0 amide bonds. The number of nitro benzene ring substituents is 1. The van der Waals surface area contributed by atoms with E-state index in [-0.39, 0.29) is 39.7 Å². The molecule has 0 aliphatic heterocycles. The second-order valence-corrected chi connectivity index (χ2v) is 10.9. The van der Waals surface area contributed by atoms with E-state index in [2.05, 4.69) is 5.32 Å². The summed E-state index contributed by atoms with van der Waals surface area (Å²) < 4.78 is 66.3. The molecule has 0 radical (unpaired) electrons. The highest BCUT2D eigenvalue weighted by molar-refractivity contribution is 7.91. The van der Waals surface area contributed by atoms with E-state index in [1.54, 1.807) is 13.8 Å². The number of anilines is 1. The summed E-state index contributed by atoms with van der Waals surface area (Å²) in [5.74, 6) is -0.822. The summed E-state index contributed by atoms with van der Waals surface area (Å²) in [7, 11) is -4.13. The van der Waals surface area contributed by atoms with Crippen LogP contribution in [0, 0.1) is 27.9 Å². The van der Waals surface area contributed by atoms with Crippen molar-refractivity contribution in [2.24, 2.45) is 5.41 Å².